The van der Waals surface area contributed by atoms with E-state index in [0.717, 1.165) is 14.9 Å². The molecule has 0 bridgehead atoms. The van der Waals surface area contributed by atoms with Gasteiger partial charge < -0.3 is 5.73 Å². The summed E-state index contributed by atoms with van der Waals surface area (Å²) in [6, 6.07) is 7.74. The van der Waals surface area contributed by atoms with Gasteiger partial charge in [-0.3, -0.25) is 10.1 Å². The van der Waals surface area contributed by atoms with Crippen molar-refractivity contribution in [3.63, 3.8) is 0 Å². The summed E-state index contributed by atoms with van der Waals surface area (Å²) in [5.74, 6) is -0.0941. The number of amides is 1. The smallest absolute Gasteiger partial charge is 0.260 e. The Balaban J connectivity index is 0.000000275. The maximum absolute atomic E-state index is 12.4. The van der Waals surface area contributed by atoms with Gasteiger partial charge in [0.25, 0.3) is 5.91 Å². The van der Waals surface area contributed by atoms with E-state index in [4.69, 9.17) is 5.73 Å². The Hall–Kier alpha value is -2.58. The number of hydrogen-bond donors (Lipinski definition) is 2. The Morgan fingerprint density at radius 1 is 1.00 bits per heavy atom. The molecule has 1 saturated carbocycles. The average Bonchev–Trinajstić information content (AvgIpc) is 3.32. The average molecular weight is 412 g/mol. The molecule has 3 heterocycles. The fraction of sp³-hybridized carbons (Fsp3) is 0.300. The van der Waals surface area contributed by atoms with Crippen molar-refractivity contribution in [1.82, 2.24) is 15.0 Å². The van der Waals surface area contributed by atoms with E-state index in [1.54, 1.807) is 11.6 Å². The number of carbonyl (C=O) groups excluding carboxylic acids is 1. The van der Waals surface area contributed by atoms with Gasteiger partial charge in [0.2, 0.25) is 5.95 Å². The Labute approximate surface area is 170 Å². The number of nitrogens with one attached hydrogen (secondary N) is 1. The first kappa shape index (κ1) is 18.8. The largest absolute Gasteiger partial charge is 0.368 e. The first-order chi connectivity index (χ1) is 13.7. The Bertz CT molecular complexity index is 1060. The molecule has 6 nitrogen and oxygen atoms in total. The molecule has 0 saturated heterocycles. The molecule has 1 aliphatic rings. The highest BCUT2D eigenvalue weighted by molar-refractivity contribution is 7.22. The lowest BCUT2D eigenvalue weighted by Crippen LogP contribution is -2.11. The number of nitrogens with two attached hydrogens (primary N) is 1. The van der Waals surface area contributed by atoms with Crippen LogP contribution in [0.3, 0.4) is 0 Å². The molecule has 0 spiro atoms. The van der Waals surface area contributed by atoms with Crippen LogP contribution in [0.4, 0.5) is 11.1 Å². The first-order valence-corrected chi connectivity index (χ1v) is 11.1. The second kappa shape index (κ2) is 8.62. The van der Waals surface area contributed by atoms with Gasteiger partial charge in [-0.05, 0) is 12.1 Å². The van der Waals surface area contributed by atoms with Crippen molar-refractivity contribution in [1.29, 1.82) is 0 Å². The van der Waals surface area contributed by atoms with Crippen molar-refractivity contribution in [2.45, 2.75) is 38.5 Å². The van der Waals surface area contributed by atoms with Crippen LogP contribution in [-0.4, -0.2) is 20.9 Å². The van der Waals surface area contributed by atoms with E-state index in [0.29, 0.717) is 16.2 Å². The third-order valence-corrected chi connectivity index (χ3v) is 6.45. The zero-order chi connectivity index (χ0) is 19.3. The van der Waals surface area contributed by atoms with Crippen molar-refractivity contribution in [2.75, 3.05) is 11.1 Å². The Kier molecular flexibility index (Phi) is 5.78. The fourth-order valence-corrected chi connectivity index (χ4v) is 4.86. The highest BCUT2D eigenvalue weighted by Gasteiger charge is 2.16. The van der Waals surface area contributed by atoms with E-state index in [-0.39, 0.29) is 11.9 Å². The highest BCUT2D eigenvalue weighted by Crippen LogP contribution is 2.28. The lowest BCUT2D eigenvalue weighted by atomic mass is 10.0. The van der Waals surface area contributed by atoms with Crippen molar-refractivity contribution in [2.24, 2.45) is 0 Å². The van der Waals surface area contributed by atoms with Gasteiger partial charge in [-0.15, -0.1) is 11.3 Å². The van der Waals surface area contributed by atoms with Gasteiger partial charge in [-0.2, -0.15) is 0 Å². The maximum atomic E-state index is 12.4. The molecule has 1 fully saturated rings. The molecule has 3 N–H and O–H groups in total. The molecule has 0 unspecified atom stereocenters. The van der Waals surface area contributed by atoms with Crippen LogP contribution < -0.4 is 11.1 Å². The summed E-state index contributed by atoms with van der Waals surface area (Å²) in [7, 11) is 0. The number of nitrogens with zero attached hydrogens (tertiary/aromatic N) is 3. The van der Waals surface area contributed by atoms with E-state index in [1.165, 1.54) is 61.2 Å². The van der Waals surface area contributed by atoms with E-state index < -0.39 is 0 Å². The van der Waals surface area contributed by atoms with Crippen LogP contribution in [0.2, 0.25) is 0 Å². The molecule has 4 aromatic rings. The van der Waals surface area contributed by atoms with Crippen LogP contribution in [0.5, 0.6) is 0 Å². The SMILES string of the molecule is C1CCCCC1.Nc1ncc2scc(C(=O)Nc3nc4ccccc4s3)c2n1. The molecule has 5 rings (SSSR count). The quantitative estimate of drug-likeness (QED) is 0.456. The number of para-hydroxylation sites is 1. The summed E-state index contributed by atoms with van der Waals surface area (Å²) in [6.07, 6.45) is 10.6. The van der Waals surface area contributed by atoms with Crippen molar-refractivity contribution in [3.05, 3.63) is 41.4 Å². The minimum absolute atomic E-state index is 0.153. The maximum Gasteiger partial charge on any atom is 0.260 e. The minimum atomic E-state index is -0.247. The van der Waals surface area contributed by atoms with Crippen molar-refractivity contribution >= 4 is 60.1 Å². The first-order valence-electron chi connectivity index (χ1n) is 9.37. The zero-order valence-electron chi connectivity index (χ0n) is 15.4. The molecule has 8 heteroatoms. The summed E-state index contributed by atoms with van der Waals surface area (Å²) in [5.41, 5.74) is 7.51. The van der Waals surface area contributed by atoms with Crippen LogP contribution >= 0.6 is 22.7 Å². The molecule has 0 atom stereocenters. The summed E-state index contributed by atoms with van der Waals surface area (Å²) in [4.78, 5) is 24.9. The second-order valence-corrected chi connectivity index (χ2v) is 8.59. The minimum Gasteiger partial charge on any atom is -0.368 e. The molecule has 0 radical (unpaired) electrons. The van der Waals surface area contributed by atoms with E-state index in [2.05, 4.69) is 20.3 Å². The van der Waals surface area contributed by atoms with Crippen molar-refractivity contribution < 1.29 is 4.79 Å². The van der Waals surface area contributed by atoms with Crippen LogP contribution in [0.15, 0.2) is 35.8 Å². The Morgan fingerprint density at radius 3 is 2.43 bits per heavy atom. The van der Waals surface area contributed by atoms with Crippen LogP contribution in [0.1, 0.15) is 48.9 Å². The number of carbonyl (C=O) groups is 1. The topological polar surface area (TPSA) is 93.8 Å². The summed E-state index contributed by atoms with van der Waals surface area (Å²) >= 11 is 2.84. The number of fused-ring (bicyclic) bond motifs is 2. The number of aromatic nitrogens is 3. The van der Waals surface area contributed by atoms with Gasteiger partial charge in [0.15, 0.2) is 5.13 Å². The standard InChI is InChI=1S/C14H9N5OS2.C6H12/c15-13-16-5-10-11(18-13)7(6-21-10)12(20)19-14-17-8-3-1-2-4-9(8)22-14;1-2-4-6-5-3-1/h1-6H,(H2,15,16,18)(H,17,19,20);1-6H2. The molecule has 144 valence electrons. The predicted octanol–water partition coefficient (Wildman–Crippen LogP) is 5.48. The third-order valence-electron chi connectivity index (χ3n) is 4.59. The molecule has 1 aromatic carbocycles. The third kappa shape index (κ3) is 4.28. The van der Waals surface area contributed by atoms with Crippen LogP contribution in [0.25, 0.3) is 20.4 Å². The summed E-state index contributed by atoms with van der Waals surface area (Å²) in [5, 5.41) is 5.13. The van der Waals surface area contributed by atoms with Gasteiger partial charge in [0.05, 0.1) is 32.2 Å². The molecule has 0 aliphatic heterocycles. The second-order valence-electron chi connectivity index (χ2n) is 6.65. The highest BCUT2D eigenvalue weighted by atomic mass is 32.1. The lowest BCUT2D eigenvalue weighted by Gasteiger charge is -2.05. The van der Waals surface area contributed by atoms with Gasteiger partial charge in [-0.25, -0.2) is 15.0 Å². The number of rotatable bonds is 2. The van der Waals surface area contributed by atoms with Gasteiger partial charge in [-0.1, -0.05) is 62.0 Å². The predicted molar refractivity (Wildman–Crippen MR) is 117 cm³/mol. The van der Waals surface area contributed by atoms with Crippen LogP contribution in [0, 0.1) is 0 Å². The number of anilines is 2. The lowest BCUT2D eigenvalue weighted by molar-refractivity contribution is 0.102. The molecule has 28 heavy (non-hydrogen) atoms. The molecular weight excluding hydrogens is 390 g/mol. The number of hydrogen-bond acceptors (Lipinski definition) is 7. The zero-order valence-corrected chi connectivity index (χ0v) is 17.0. The van der Waals surface area contributed by atoms with E-state index in [1.807, 2.05) is 24.3 Å². The molecular formula is C20H21N5OS2. The number of nitrogen functional groups attached to an aromatic ring is 1. The molecule has 1 aliphatic carbocycles. The van der Waals surface area contributed by atoms with Gasteiger partial charge in [0.1, 0.15) is 0 Å². The van der Waals surface area contributed by atoms with Gasteiger partial charge >= 0.3 is 0 Å². The number of thiophene rings is 1. The monoisotopic (exact) mass is 411 g/mol. The van der Waals surface area contributed by atoms with Gasteiger partial charge in [0, 0.05) is 5.38 Å². The van der Waals surface area contributed by atoms with Crippen LogP contribution in [-0.2, 0) is 0 Å². The normalized spacial score (nSPS) is 13.9. The van der Waals surface area contributed by atoms with E-state index >= 15 is 0 Å². The fourth-order valence-electron chi connectivity index (χ4n) is 3.15. The summed E-state index contributed by atoms with van der Waals surface area (Å²) < 4.78 is 1.85. The summed E-state index contributed by atoms with van der Waals surface area (Å²) in [6.45, 7) is 0. The van der Waals surface area contributed by atoms with Crippen molar-refractivity contribution in [3.8, 4) is 0 Å². The molecule has 3 aromatic heterocycles. The van der Waals surface area contributed by atoms with E-state index in [9.17, 15) is 4.79 Å². The number of benzene rings is 1. The number of thiazole rings is 1. The Morgan fingerprint density at radius 2 is 1.71 bits per heavy atom. The molecule has 1 amide bonds.